The van der Waals surface area contributed by atoms with Crippen molar-refractivity contribution in [2.75, 3.05) is 5.32 Å². The topological polar surface area (TPSA) is 74.2 Å². The van der Waals surface area contributed by atoms with E-state index < -0.39 is 6.10 Å². The van der Waals surface area contributed by atoms with E-state index in [1.807, 2.05) is 42.5 Å². The minimum atomic E-state index is -0.601. The second-order valence-corrected chi connectivity index (χ2v) is 8.00. The average Bonchev–Trinajstić information content (AvgIpc) is 3.16. The Kier molecular flexibility index (Phi) is 4.38. The number of carbonyl (C=O) groups excluding carboxylic acids is 1. The maximum atomic E-state index is 12.4. The maximum Gasteiger partial charge on any atom is 0.319 e. The third kappa shape index (κ3) is 3.18. The number of aliphatic hydroxyl groups is 1. The lowest BCUT2D eigenvalue weighted by atomic mass is 10.1. The Labute approximate surface area is 156 Å². The van der Waals surface area contributed by atoms with Crippen LogP contribution in [0.25, 0.3) is 10.2 Å². The van der Waals surface area contributed by atoms with Crippen molar-refractivity contribution in [3.05, 3.63) is 58.6 Å². The van der Waals surface area contributed by atoms with Crippen LogP contribution in [-0.4, -0.2) is 22.2 Å². The van der Waals surface area contributed by atoms with E-state index in [0.29, 0.717) is 12.3 Å². The molecule has 3 aromatic rings. The van der Waals surface area contributed by atoms with Crippen LogP contribution in [0.2, 0.25) is 0 Å². The fraction of sp³-hybridized carbons (Fsp3) is 0.300. The van der Waals surface area contributed by atoms with Crippen molar-refractivity contribution in [1.82, 2.24) is 10.3 Å². The predicted molar refractivity (Wildman–Crippen MR) is 105 cm³/mol. The number of thiazole rings is 1. The molecule has 1 heterocycles. The van der Waals surface area contributed by atoms with Gasteiger partial charge in [0.2, 0.25) is 0 Å². The van der Waals surface area contributed by atoms with E-state index in [-0.39, 0.29) is 12.1 Å². The number of hydrogen-bond donors (Lipinski definition) is 3. The molecule has 3 N–H and O–H groups in total. The van der Waals surface area contributed by atoms with Crippen molar-refractivity contribution < 1.29 is 9.90 Å². The molecule has 0 radical (unpaired) electrons. The second kappa shape index (κ2) is 6.70. The molecular formula is C20H21N3O2S. The van der Waals surface area contributed by atoms with Gasteiger partial charge in [-0.05, 0) is 29.3 Å². The lowest BCUT2D eigenvalue weighted by molar-refractivity contribution is 0.144. The van der Waals surface area contributed by atoms with Crippen LogP contribution in [0.4, 0.5) is 10.5 Å². The Morgan fingerprint density at radius 2 is 2.08 bits per heavy atom. The number of urea groups is 1. The van der Waals surface area contributed by atoms with Gasteiger partial charge in [-0.2, -0.15) is 0 Å². The van der Waals surface area contributed by atoms with Crippen molar-refractivity contribution in [3.8, 4) is 0 Å². The van der Waals surface area contributed by atoms with Crippen LogP contribution in [0.15, 0.2) is 42.5 Å². The standard InChI is InChI=1S/C20H21N3O2S/c1-11(2)19-22-15-8-7-13(10-17(15)26-19)21-20(25)23-18-14-6-4-3-5-12(14)9-16(18)24/h3-8,10-11,16,18,24H,9H2,1-2H3,(H2,21,23,25)/t16-,18+/m0/s1. The van der Waals surface area contributed by atoms with E-state index in [0.717, 1.165) is 32.0 Å². The molecule has 5 nitrogen and oxygen atoms in total. The molecule has 0 aliphatic heterocycles. The van der Waals surface area contributed by atoms with E-state index in [2.05, 4.69) is 29.5 Å². The normalized spacial score (nSPS) is 18.9. The highest BCUT2D eigenvalue weighted by molar-refractivity contribution is 7.18. The molecule has 6 heteroatoms. The largest absolute Gasteiger partial charge is 0.390 e. The summed E-state index contributed by atoms with van der Waals surface area (Å²) in [6.07, 6.45) is -0.0397. The van der Waals surface area contributed by atoms with Gasteiger partial charge < -0.3 is 15.7 Å². The summed E-state index contributed by atoms with van der Waals surface area (Å²) in [7, 11) is 0. The Morgan fingerprint density at radius 1 is 1.27 bits per heavy atom. The number of aliphatic hydroxyl groups excluding tert-OH is 1. The van der Waals surface area contributed by atoms with Crippen LogP contribution in [-0.2, 0) is 6.42 Å². The fourth-order valence-electron chi connectivity index (χ4n) is 3.32. The molecule has 1 aliphatic carbocycles. The van der Waals surface area contributed by atoms with E-state index in [1.165, 1.54) is 0 Å². The van der Waals surface area contributed by atoms with Crippen molar-refractivity contribution in [2.45, 2.75) is 38.3 Å². The van der Waals surface area contributed by atoms with E-state index in [9.17, 15) is 9.90 Å². The summed E-state index contributed by atoms with van der Waals surface area (Å²) in [5.74, 6) is 0.385. The van der Waals surface area contributed by atoms with Crippen LogP contribution in [0.3, 0.4) is 0 Å². The molecule has 2 amide bonds. The number of benzene rings is 2. The van der Waals surface area contributed by atoms with Gasteiger partial charge in [0.15, 0.2) is 0 Å². The molecule has 0 saturated carbocycles. The average molecular weight is 367 g/mol. The van der Waals surface area contributed by atoms with Crippen LogP contribution in [0, 0.1) is 0 Å². The maximum absolute atomic E-state index is 12.4. The van der Waals surface area contributed by atoms with Crippen LogP contribution in [0.5, 0.6) is 0 Å². The van der Waals surface area contributed by atoms with E-state index in [4.69, 9.17) is 0 Å². The first-order valence-electron chi connectivity index (χ1n) is 8.75. The third-order valence-electron chi connectivity index (χ3n) is 4.65. The first-order chi connectivity index (χ1) is 12.5. The smallest absolute Gasteiger partial charge is 0.319 e. The lowest BCUT2D eigenvalue weighted by Gasteiger charge is -2.18. The van der Waals surface area contributed by atoms with Crippen molar-refractivity contribution >= 4 is 33.3 Å². The van der Waals surface area contributed by atoms with E-state index in [1.54, 1.807) is 11.3 Å². The summed E-state index contributed by atoms with van der Waals surface area (Å²) in [5.41, 5.74) is 3.73. The van der Waals surface area contributed by atoms with Gasteiger partial charge in [0.1, 0.15) is 0 Å². The molecule has 0 unspecified atom stereocenters. The molecule has 4 rings (SSSR count). The Balaban J connectivity index is 1.49. The van der Waals surface area contributed by atoms with Crippen molar-refractivity contribution in [2.24, 2.45) is 0 Å². The Hall–Kier alpha value is -2.44. The van der Waals surface area contributed by atoms with Gasteiger partial charge in [0, 0.05) is 18.0 Å². The summed E-state index contributed by atoms with van der Waals surface area (Å²) < 4.78 is 1.05. The Morgan fingerprint density at radius 3 is 2.88 bits per heavy atom. The van der Waals surface area contributed by atoms with Crippen molar-refractivity contribution in [3.63, 3.8) is 0 Å². The number of carbonyl (C=O) groups is 1. The first-order valence-corrected chi connectivity index (χ1v) is 9.57. The molecule has 134 valence electrons. The number of nitrogens with one attached hydrogen (secondary N) is 2. The zero-order valence-electron chi connectivity index (χ0n) is 14.7. The number of amides is 2. The molecular weight excluding hydrogens is 346 g/mol. The molecule has 0 fully saturated rings. The molecule has 0 saturated heterocycles. The number of rotatable bonds is 3. The summed E-state index contributed by atoms with van der Waals surface area (Å²) in [6.45, 7) is 4.24. The number of hydrogen-bond acceptors (Lipinski definition) is 4. The quantitative estimate of drug-likeness (QED) is 0.649. The van der Waals surface area contributed by atoms with Gasteiger partial charge in [-0.25, -0.2) is 9.78 Å². The number of nitrogens with zero attached hydrogens (tertiary/aromatic N) is 1. The van der Waals surface area contributed by atoms with Crippen LogP contribution < -0.4 is 10.6 Å². The fourth-order valence-corrected chi connectivity index (χ4v) is 4.33. The third-order valence-corrected chi connectivity index (χ3v) is 5.97. The van der Waals surface area contributed by atoms with Gasteiger partial charge in [0.05, 0.1) is 27.4 Å². The number of fused-ring (bicyclic) bond motifs is 2. The highest BCUT2D eigenvalue weighted by Gasteiger charge is 2.31. The Bertz CT molecular complexity index is 967. The molecule has 26 heavy (non-hydrogen) atoms. The zero-order chi connectivity index (χ0) is 18.3. The highest BCUT2D eigenvalue weighted by atomic mass is 32.1. The minimum Gasteiger partial charge on any atom is -0.390 e. The molecule has 1 aromatic heterocycles. The summed E-state index contributed by atoms with van der Waals surface area (Å²) in [5, 5.41) is 17.1. The molecule has 2 aromatic carbocycles. The number of anilines is 1. The molecule has 2 atom stereocenters. The van der Waals surface area contributed by atoms with E-state index >= 15 is 0 Å². The summed E-state index contributed by atoms with van der Waals surface area (Å²) in [6, 6.07) is 12.8. The van der Waals surface area contributed by atoms with Gasteiger partial charge in [-0.3, -0.25) is 0 Å². The summed E-state index contributed by atoms with van der Waals surface area (Å²) in [4.78, 5) is 17.0. The van der Waals surface area contributed by atoms with Crippen molar-refractivity contribution in [1.29, 1.82) is 0 Å². The van der Waals surface area contributed by atoms with Gasteiger partial charge in [0.25, 0.3) is 0 Å². The van der Waals surface area contributed by atoms with Crippen LogP contribution >= 0.6 is 11.3 Å². The van der Waals surface area contributed by atoms with Gasteiger partial charge in [-0.15, -0.1) is 11.3 Å². The highest BCUT2D eigenvalue weighted by Crippen LogP contribution is 2.32. The minimum absolute atomic E-state index is 0.321. The molecule has 1 aliphatic rings. The summed E-state index contributed by atoms with van der Waals surface area (Å²) >= 11 is 1.65. The predicted octanol–water partition coefficient (Wildman–Crippen LogP) is 4.20. The SMILES string of the molecule is CC(C)c1nc2ccc(NC(=O)N[C@@H]3c4ccccc4C[C@@H]3O)cc2s1. The zero-order valence-corrected chi connectivity index (χ0v) is 15.5. The van der Waals surface area contributed by atoms with Crippen LogP contribution in [0.1, 0.15) is 41.9 Å². The molecule has 0 bridgehead atoms. The van der Waals surface area contributed by atoms with Gasteiger partial charge >= 0.3 is 6.03 Å². The monoisotopic (exact) mass is 367 g/mol. The molecule has 0 spiro atoms. The number of aromatic nitrogens is 1. The lowest BCUT2D eigenvalue weighted by Crippen LogP contribution is -2.36. The second-order valence-electron chi connectivity index (χ2n) is 6.94. The van der Waals surface area contributed by atoms with Gasteiger partial charge in [-0.1, -0.05) is 38.1 Å². The first kappa shape index (κ1) is 17.0.